The number of methoxy groups -OCH3 is 1. The highest BCUT2D eigenvalue weighted by Gasteiger charge is 2.34. The van der Waals surface area contributed by atoms with Gasteiger partial charge >= 0.3 is 12.0 Å². The summed E-state index contributed by atoms with van der Waals surface area (Å²) in [7, 11) is 1.55. The Bertz CT molecular complexity index is 876. The molecule has 1 atom stereocenters. The first kappa shape index (κ1) is 18.4. The largest absolute Gasteiger partial charge is 0.497 e. The molecule has 1 aliphatic rings. The number of rotatable bonds is 5. The van der Waals surface area contributed by atoms with Crippen LogP contribution in [0.2, 0.25) is 0 Å². The molecule has 1 aliphatic heterocycles. The summed E-state index contributed by atoms with van der Waals surface area (Å²) in [6.07, 6.45) is 0. The van der Waals surface area contributed by atoms with E-state index in [0.29, 0.717) is 22.6 Å². The molecule has 0 saturated heterocycles. The van der Waals surface area contributed by atoms with Crippen LogP contribution >= 0.6 is 0 Å². The Morgan fingerprint density at radius 2 is 1.78 bits per heavy atom. The number of hydrogen-bond acceptors (Lipinski definition) is 4. The molecule has 1 heterocycles. The zero-order valence-corrected chi connectivity index (χ0v) is 14.9. The molecule has 0 bridgehead atoms. The van der Waals surface area contributed by atoms with E-state index in [9.17, 15) is 14.0 Å². The third kappa shape index (κ3) is 3.92. The normalized spacial score (nSPS) is 16.4. The van der Waals surface area contributed by atoms with E-state index in [0.717, 1.165) is 0 Å². The van der Waals surface area contributed by atoms with Crippen molar-refractivity contribution in [2.45, 2.75) is 13.0 Å². The van der Waals surface area contributed by atoms with Crippen LogP contribution < -0.4 is 15.4 Å². The summed E-state index contributed by atoms with van der Waals surface area (Å²) < 4.78 is 23.7. The van der Waals surface area contributed by atoms with Gasteiger partial charge in [-0.3, -0.25) is 0 Å². The van der Waals surface area contributed by atoms with E-state index in [1.165, 1.54) is 24.3 Å². The van der Waals surface area contributed by atoms with E-state index in [1.54, 1.807) is 38.3 Å². The summed E-state index contributed by atoms with van der Waals surface area (Å²) in [5, 5.41) is 5.39. The molecule has 140 valence electrons. The second kappa shape index (κ2) is 7.90. The number of carbonyl (C=O) groups is 2. The van der Waals surface area contributed by atoms with Crippen LogP contribution in [0.4, 0.5) is 9.18 Å². The van der Waals surface area contributed by atoms with Crippen molar-refractivity contribution < 1.29 is 23.5 Å². The third-order valence-corrected chi connectivity index (χ3v) is 4.15. The van der Waals surface area contributed by atoms with Gasteiger partial charge in [-0.05, 0) is 54.4 Å². The van der Waals surface area contributed by atoms with Crippen LogP contribution in [0.3, 0.4) is 0 Å². The summed E-state index contributed by atoms with van der Waals surface area (Å²) in [5.41, 5.74) is 1.78. The van der Waals surface area contributed by atoms with E-state index in [1.807, 2.05) is 0 Å². The standard InChI is InChI=1S/C20H19FN2O4/c1-3-27-19(24)16-17(12-4-8-14(21)9-5-12)22-20(25)23-18(16)13-6-10-15(26-2)11-7-13/h4-11,17H,3H2,1-2H3,(H2,22,23,25). The van der Waals surface area contributed by atoms with Gasteiger partial charge in [-0.15, -0.1) is 0 Å². The number of esters is 1. The van der Waals surface area contributed by atoms with Crippen molar-refractivity contribution in [3.8, 4) is 5.75 Å². The second-order valence-electron chi connectivity index (χ2n) is 5.82. The molecule has 3 rings (SSSR count). The maximum absolute atomic E-state index is 13.3. The quantitative estimate of drug-likeness (QED) is 0.793. The Kier molecular flexibility index (Phi) is 5.40. The Labute approximate surface area is 156 Å². The number of ether oxygens (including phenoxy) is 2. The van der Waals surface area contributed by atoms with Crippen molar-refractivity contribution in [1.82, 2.24) is 10.6 Å². The Hall–Kier alpha value is -3.35. The summed E-state index contributed by atoms with van der Waals surface area (Å²) in [5.74, 6) is -0.325. The maximum Gasteiger partial charge on any atom is 0.338 e. The monoisotopic (exact) mass is 370 g/mol. The van der Waals surface area contributed by atoms with Crippen molar-refractivity contribution in [2.75, 3.05) is 13.7 Å². The van der Waals surface area contributed by atoms with Crippen molar-refractivity contribution in [3.05, 3.63) is 71.0 Å². The van der Waals surface area contributed by atoms with Gasteiger partial charge in [0.25, 0.3) is 0 Å². The van der Waals surface area contributed by atoms with Crippen LogP contribution in [-0.2, 0) is 9.53 Å². The first-order valence-electron chi connectivity index (χ1n) is 8.42. The minimum Gasteiger partial charge on any atom is -0.497 e. The molecule has 0 aliphatic carbocycles. The molecule has 0 aromatic heterocycles. The van der Waals surface area contributed by atoms with Crippen LogP contribution in [0.15, 0.2) is 54.1 Å². The second-order valence-corrected chi connectivity index (χ2v) is 5.82. The minimum absolute atomic E-state index is 0.183. The highest BCUT2D eigenvalue weighted by Crippen LogP contribution is 2.32. The molecule has 27 heavy (non-hydrogen) atoms. The van der Waals surface area contributed by atoms with Gasteiger partial charge in [0.15, 0.2) is 0 Å². The molecule has 2 aromatic carbocycles. The fourth-order valence-electron chi connectivity index (χ4n) is 2.88. The molecule has 0 radical (unpaired) electrons. The summed E-state index contributed by atoms with van der Waals surface area (Å²) in [6, 6.07) is 11.3. The Morgan fingerprint density at radius 3 is 2.37 bits per heavy atom. The lowest BCUT2D eigenvalue weighted by Gasteiger charge is -2.29. The molecule has 7 heteroatoms. The number of carbonyl (C=O) groups excluding carboxylic acids is 2. The summed E-state index contributed by atoms with van der Waals surface area (Å²) in [4.78, 5) is 24.9. The van der Waals surface area contributed by atoms with Crippen LogP contribution in [0.25, 0.3) is 5.70 Å². The van der Waals surface area contributed by atoms with Gasteiger partial charge in [0.1, 0.15) is 11.6 Å². The predicted molar refractivity (Wildman–Crippen MR) is 97.4 cm³/mol. The topological polar surface area (TPSA) is 76.7 Å². The number of hydrogen-bond donors (Lipinski definition) is 2. The first-order chi connectivity index (χ1) is 13.0. The highest BCUT2D eigenvalue weighted by molar-refractivity contribution is 6.04. The molecule has 2 aromatic rings. The lowest BCUT2D eigenvalue weighted by atomic mass is 9.92. The fraction of sp³-hybridized carbons (Fsp3) is 0.200. The minimum atomic E-state index is -0.768. The molecule has 2 N–H and O–H groups in total. The zero-order valence-electron chi connectivity index (χ0n) is 14.9. The fourth-order valence-corrected chi connectivity index (χ4v) is 2.88. The zero-order chi connectivity index (χ0) is 19.4. The molecule has 6 nitrogen and oxygen atoms in total. The maximum atomic E-state index is 13.3. The van der Waals surface area contributed by atoms with E-state index in [4.69, 9.17) is 9.47 Å². The van der Waals surface area contributed by atoms with E-state index < -0.39 is 23.9 Å². The van der Waals surface area contributed by atoms with Crippen LogP contribution in [0.5, 0.6) is 5.75 Å². The smallest absolute Gasteiger partial charge is 0.338 e. The lowest BCUT2D eigenvalue weighted by Crippen LogP contribution is -2.45. The molecular weight excluding hydrogens is 351 g/mol. The average Bonchev–Trinajstić information content (AvgIpc) is 2.68. The lowest BCUT2D eigenvalue weighted by molar-refractivity contribution is -0.138. The highest BCUT2D eigenvalue weighted by atomic mass is 19.1. The Morgan fingerprint density at radius 1 is 1.11 bits per heavy atom. The summed E-state index contributed by atoms with van der Waals surface area (Å²) in [6.45, 7) is 1.88. The predicted octanol–water partition coefficient (Wildman–Crippen LogP) is 3.16. The number of nitrogens with one attached hydrogen (secondary N) is 2. The Balaban J connectivity index is 2.14. The number of amides is 2. The van der Waals surface area contributed by atoms with E-state index in [2.05, 4.69) is 10.6 Å². The number of halogens is 1. The average molecular weight is 370 g/mol. The van der Waals surface area contributed by atoms with Gasteiger partial charge in [-0.25, -0.2) is 14.0 Å². The number of urea groups is 1. The van der Waals surface area contributed by atoms with Crippen molar-refractivity contribution in [1.29, 1.82) is 0 Å². The van der Waals surface area contributed by atoms with Gasteiger partial charge in [0, 0.05) is 0 Å². The van der Waals surface area contributed by atoms with Crippen LogP contribution in [-0.4, -0.2) is 25.7 Å². The van der Waals surface area contributed by atoms with Gasteiger partial charge in [0.05, 0.1) is 31.0 Å². The molecule has 2 amide bonds. The molecule has 0 saturated carbocycles. The SMILES string of the molecule is CCOC(=O)C1=C(c2ccc(OC)cc2)NC(=O)NC1c1ccc(F)cc1. The van der Waals surface area contributed by atoms with Gasteiger partial charge in [-0.2, -0.15) is 0 Å². The van der Waals surface area contributed by atoms with Gasteiger partial charge in [0.2, 0.25) is 0 Å². The third-order valence-electron chi connectivity index (χ3n) is 4.15. The molecule has 1 unspecified atom stereocenters. The molecule has 0 spiro atoms. The van der Waals surface area contributed by atoms with Gasteiger partial charge in [-0.1, -0.05) is 12.1 Å². The number of benzene rings is 2. The van der Waals surface area contributed by atoms with E-state index >= 15 is 0 Å². The van der Waals surface area contributed by atoms with Crippen LogP contribution in [0, 0.1) is 5.82 Å². The first-order valence-corrected chi connectivity index (χ1v) is 8.42. The van der Waals surface area contributed by atoms with Crippen molar-refractivity contribution >= 4 is 17.7 Å². The summed E-state index contributed by atoms with van der Waals surface area (Å²) >= 11 is 0. The van der Waals surface area contributed by atoms with Crippen molar-refractivity contribution in [3.63, 3.8) is 0 Å². The van der Waals surface area contributed by atoms with Gasteiger partial charge < -0.3 is 20.1 Å². The molecular formula is C20H19FN2O4. The molecule has 0 fully saturated rings. The van der Waals surface area contributed by atoms with E-state index in [-0.39, 0.29) is 12.2 Å². The van der Waals surface area contributed by atoms with Crippen molar-refractivity contribution in [2.24, 2.45) is 0 Å². The van der Waals surface area contributed by atoms with Crippen LogP contribution in [0.1, 0.15) is 24.1 Å².